The summed E-state index contributed by atoms with van der Waals surface area (Å²) in [5.74, 6) is 0.189. The van der Waals surface area contributed by atoms with Crippen LogP contribution in [0, 0.1) is 5.92 Å². The highest BCUT2D eigenvalue weighted by Crippen LogP contribution is 2.22. The summed E-state index contributed by atoms with van der Waals surface area (Å²) < 4.78 is 5.16. The second-order valence-electron chi connectivity index (χ2n) is 4.86. The van der Waals surface area contributed by atoms with Crippen molar-refractivity contribution in [3.63, 3.8) is 0 Å². The molecule has 1 heterocycles. The van der Waals surface area contributed by atoms with Gasteiger partial charge >= 0.3 is 5.97 Å². The van der Waals surface area contributed by atoms with Crippen LogP contribution in [0.1, 0.15) is 33.3 Å². The molecule has 4 heteroatoms. The molecule has 1 atom stereocenters. The van der Waals surface area contributed by atoms with E-state index < -0.39 is 5.54 Å². The third kappa shape index (κ3) is 3.53. The predicted molar refractivity (Wildman–Crippen MR) is 71.1 cm³/mol. The molecule has 0 saturated heterocycles. The number of nitrogens with zero attached hydrogens (tertiary/aromatic N) is 1. The van der Waals surface area contributed by atoms with E-state index in [1.165, 1.54) is 0 Å². The smallest absolute Gasteiger partial charge is 0.330 e. The predicted octanol–water partition coefficient (Wildman–Crippen LogP) is 2.11. The molecule has 0 radical (unpaired) electrons. The Morgan fingerprint density at radius 1 is 1.56 bits per heavy atom. The molecule has 0 spiro atoms. The average molecular weight is 250 g/mol. The molecule has 0 aliphatic heterocycles. The van der Waals surface area contributed by atoms with Gasteiger partial charge in [0.1, 0.15) is 5.54 Å². The molecular weight excluding hydrogens is 228 g/mol. The monoisotopic (exact) mass is 250 g/mol. The van der Waals surface area contributed by atoms with E-state index >= 15 is 0 Å². The van der Waals surface area contributed by atoms with Gasteiger partial charge in [0.15, 0.2) is 0 Å². The first-order chi connectivity index (χ1) is 8.50. The molecule has 18 heavy (non-hydrogen) atoms. The van der Waals surface area contributed by atoms with Crippen LogP contribution in [0.2, 0.25) is 0 Å². The fourth-order valence-corrected chi connectivity index (χ4v) is 1.63. The Morgan fingerprint density at radius 2 is 2.28 bits per heavy atom. The molecule has 0 bridgehead atoms. The van der Waals surface area contributed by atoms with E-state index in [0.29, 0.717) is 12.5 Å². The first-order valence-electron chi connectivity index (χ1n) is 6.33. The van der Waals surface area contributed by atoms with Crippen molar-refractivity contribution < 1.29 is 9.53 Å². The van der Waals surface area contributed by atoms with E-state index in [-0.39, 0.29) is 5.97 Å². The molecule has 0 saturated carbocycles. The van der Waals surface area contributed by atoms with Crippen LogP contribution < -0.4 is 5.32 Å². The number of hydrogen-bond acceptors (Lipinski definition) is 4. The molecular formula is C14H22N2O2. The first kappa shape index (κ1) is 14.6. The van der Waals surface area contributed by atoms with E-state index in [1.54, 1.807) is 12.4 Å². The molecule has 0 amide bonds. The highest BCUT2D eigenvalue weighted by molar-refractivity contribution is 5.82. The van der Waals surface area contributed by atoms with Crippen molar-refractivity contribution in [2.24, 2.45) is 5.92 Å². The number of rotatable bonds is 6. The summed E-state index contributed by atoms with van der Waals surface area (Å²) in [5, 5.41) is 3.28. The Balaban J connectivity index is 2.97. The van der Waals surface area contributed by atoms with Crippen molar-refractivity contribution in [1.82, 2.24) is 10.3 Å². The maximum Gasteiger partial charge on any atom is 0.330 e. The van der Waals surface area contributed by atoms with Crippen LogP contribution in [0.4, 0.5) is 0 Å². The minimum absolute atomic E-state index is 0.265. The number of nitrogens with one attached hydrogen (secondary N) is 1. The lowest BCUT2D eigenvalue weighted by atomic mass is 9.93. The minimum Gasteiger partial charge on any atom is -0.464 e. The second kappa shape index (κ2) is 6.50. The number of aromatic nitrogens is 1. The number of ether oxygens (including phenoxy) is 1. The maximum atomic E-state index is 12.2. The van der Waals surface area contributed by atoms with Gasteiger partial charge in [-0.05, 0) is 32.4 Å². The molecule has 1 N–H and O–H groups in total. The van der Waals surface area contributed by atoms with Crippen molar-refractivity contribution in [2.45, 2.75) is 33.2 Å². The maximum absolute atomic E-state index is 12.2. The molecule has 1 rings (SSSR count). The van der Waals surface area contributed by atoms with Crippen molar-refractivity contribution >= 4 is 5.97 Å². The Hall–Kier alpha value is -1.42. The third-order valence-corrected chi connectivity index (χ3v) is 2.79. The van der Waals surface area contributed by atoms with Crippen LogP contribution in [0.15, 0.2) is 24.5 Å². The van der Waals surface area contributed by atoms with E-state index in [9.17, 15) is 4.79 Å². The quantitative estimate of drug-likeness (QED) is 0.786. The summed E-state index contributed by atoms with van der Waals surface area (Å²) in [6, 6.07) is 3.71. The summed E-state index contributed by atoms with van der Waals surface area (Å²) in [5.41, 5.74) is -0.0155. The molecule has 1 aromatic heterocycles. The van der Waals surface area contributed by atoms with E-state index in [2.05, 4.69) is 24.1 Å². The molecule has 0 aliphatic carbocycles. The fourth-order valence-electron chi connectivity index (χ4n) is 1.63. The Labute approximate surface area is 109 Å². The summed E-state index contributed by atoms with van der Waals surface area (Å²) in [4.78, 5) is 16.2. The number of hydrogen-bond donors (Lipinski definition) is 1. The van der Waals surface area contributed by atoms with Gasteiger partial charge in [0.2, 0.25) is 0 Å². The molecule has 100 valence electrons. The van der Waals surface area contributed by atoms with Gasteiger partial charge in [-0.15, -0.1) is 0 Å². The summed E-state index contributed by atoms with van der Waals surface area (Å²) in [6.07, 6.45) is 3.39. The highest BCUT2D eigenvalue weighted by atomic mass is 16.5. The number of carbonyl (C=O) groups excluding carboxylic acids is 1. The van der Waals surface area contributed by atoms with Gasteiger partial charge in [-0.2, -0.15) is 0 Å². The van der Waals surface area contributed by atoms with Crippen molar-refractivity contribution in [3.05, 3.63) is 30.1 Å². The van der Waals surface area contributed by atoms with Crippen molar-refractivity contribution in [3.8, 4) is 0 Å². The zero-order valence-corrected chi connectivity index (χ0v) is 11.6. The largest absolute Gasteiger partial charge is 0.464 e. The topological polar surface area (TPSA) is 51.2 Å². The Bertz CT molecular complexity index is 379. The van der Waals surface area contributed by atoms with Crippen LogP contribution in [0.25, 0.3) is 0 Å². The summed E-state index contributed by atoms with van der Waals surface area (Å²) >= 11 is 0. The number of pyridine rings is 1. The lowest BCUT2D eigenvalue weighted by Crippen LogP contribution is -2.49. The van der Waals surface area contributed by atoms with E-state index in [0.717, 1.165) is 12.1 Å². The van der Waals surface area contributed by atoms with Gasteiger partial charge in [-0.1, -0.05) is 19.9 Å². The van der Waals surface area contributed by atoms with Gasteiger partial charge in [0.05, 0.1) is 6.61 Å². The molecule has 1 aromatic rings. The molecule has 0 aliphatic rings. The van der Waals surface area contributed by atoms with Gasteiger partial charge in [-0.25, -0.2) is 4.79 Å². The lowest BCUT2D eigenvalue weighted by Gasteiger charge is -2.29. The normalized spacial score (nSPS) is 14.3. The van der Waals surface area contributed by atoms with E-state index in [4.69, 9.17) is 4.74 Å². The Kier molecular flexibility index (Phi) is 5.28. The third-order valence-electron chi connectivity index (χ3n) is 2.79. The fraction of sp³-hybridized carbons (Fsp3) is 0.571. The average Bonchev–Trinajstić information content (AvgIpc) is 2.37. The standard InChI is InChI=1S/C14H22N2O2/c1-5-18-13(17)14(4,16-9-11(2)3)12-7-6-8-15-10-12/h6-8,10-11,16H,5,9H2,1-4H3. The van der Waals surface area contributed by atoms with Gasteiger partial charge < -0.3 is 4.74 Å². The lowest BCUT2D eigenvalue weighted by molar-refractivity contribution is -0.151. The van der Waals surface area contributed by atoms with Crippen LogP contribution in [0.5, 0.6) is 0 Å². The first-order valence-corrected chi connectivity index (χ1v) is 6.33. The van der Waals surface area contributed by atoms with Gasteiger partial charge in [0, 0.05) is 18.0 Å². The van der Waals surface area contributed by atoms with Crippen LogP contribution in [-0.2, 0) is 15.1 Å². The van der Waals surface area contributed by atoms with Gasteiger partial charge in [0.25, 0.3) is 0 Å². The highest BCUT2D eigenvalue weighted by Gasteiger charge is 2.36. The molecule has 0 fully saturated rings. The molecule has 1 unspecified atom stereocenters. The zero-order chi connectivity index (χ0) is 13.6. The zero-order valence-electron chi connectivity index (χ0n) is 11.6. The van der Waals surface area contributed by atoms with Gasteiger partial charge in [-0.3, -0.25) is 10.3 Å². The number of esters is 1. The van der Waals surface area contributed by atoms with E-state index in [1.807, 2.05) is 26.0 Å². The minimum atomic E-state index is -0.839. The van der Waals surface area contributed by atoms with Crippen molar-refractivity contribution in [1.29, 1.82) is 0 Å². The van der Waals surface area contributed by atoms with Crippen molar-refractivity contribution in [2.75, 3.05) is 13.2 Å². The molecule has 4 nitrogen and oxygen atoms in total. The van der Waals surface area contributed by atoms with Crippen LogP contribution >= 0.6 is 0 Å². The Morgan fingerprint density at radius 3 is 2.78 bits per heavy atom. The summed E-state index contributed by atoms with van der Waals surface area (Å²) in [7, 11) is 0. The number of carbonyl (C=O) groups is 1. The summed E-state index contributed by atoms with van der Waals surface area (Å²) in [6.45, 7) is 8.96. The molecule has 0 aromatic carbocycles. The van der Waals surface area contributed by atoms with Crippen LogP contribution in [0.3, 0.4) is 0 Å². The van der Waals surface area contributed by atoms with Crippen LogP contribution in [-0.4, -0.2) is 24.1 Å². The SMILES string of the molecule is CCOC(=O)C(C)(NCC(C)C)c1cccnc1. The second-order valence-corrected chi connectivity index (χ2v) is 4.86.